The molecule has 27 heavy (non-hydrogen) atoms. The Hall–Kier alpha value is -2.02. The first-order chi connectivity index (χ1) is 12.4. The highest BCUT2D eigenvalue weighted by atomic mass is 35.5. The van der Waals surface area contributed by atoms with Gasteiger partial charge in [0.15, 0.2) is 0 Å². The van der Waals surface area contributed by atoms with Crippen LogP contribution >= 0.6 is 11.6 Å². The molecular formula is C19H20ClF3O4. The average molecular weight is 405 g/mol. The smallest absolute Gasteiger partial charge is 0.450 e. The molecule has 2 rings (SSSR count). The lowest BCUT2D eigenvalue weighted by Gasteiger charge is -2.31. The molecule has 0 spiro atoms. The zero-order valence-corrected chi connectivity index (χ0v) is 16.1. The minimum absolute atomic E-state index is 0.0912. The summed E-state index contributed by atoms with van der Waals surface area (Å²) in [7, 11) is 0. The Bertz CT molecular complexity index is 791. The van der Waals surface area contributed by atoms with Crippen molar-refractivity contribution in [3.63, 3.8) is 0 Å². The Balaban J connectivity index is 2.69. The SMILES string of the molecule is CCOC(=O)C1=C(C(F)(F)F)Oc2ccc(Cl)cc2C1CC(=O)C(C)(C)C. The second-order valence-electron chi connectivity index (χ2n) is 7.18. The number of carbonyl (C=O) groups excluding carboxylic acids is 2. The summed E-state index contributed by atoms with van der Waals surface area (Å²) in [5, 5.41) is 0.254. The zero-order chi connectivity index (χ0) is 20.6. The van der Waals surface area contributed by atoms with Crippen LogP contribution in [0.3, 0.4) is 0 Å². The summed E-state index contributed by atoms with van der Waals surface area (Å²) >= 11 is 5.99. The van der Waals surface area contributed by atoms with E-state index in [0.717, 1.165) is 0 Å². The summed E-state index contributed by atoms with van der Waals surface area (Å²) in [6.45, 7) is 6.34. The third-order valence-corrected chi connectivity index (χ3v) is 4.37. The molecule has 0 N–H and O–H groups in total. The van der Waals surface area contributed by atoms with Gasteiger partial charge in [0, 0.05) is 28.3 Å². The van der Waals surface area contributed by atoms with E-state index in [-0.39, 0.29) is 35.1 Å². The number of fused-ring (bicyclic) bond motifs is 1. The summed E-state index contributed by atoms with van der Waals surface area (Å²) < 4.78 is 50.7. The highest BCUT2D eigenvalue weighted by Gasteiger charge is 2.48. The molecule has 148 valence electrons. The molecule has 1 aromatic carbocycles. The van der Waals surface area contributed by atoms with Gasteiger partial charge in [0.05, 0.1) is 12.2 Å². The molecular weight excluding hydrogens is 385 g/mol. The number of alkyl halides is 3. The number of ether oxygens (including phenoxy) is 2. The summed E-state index contributed by atoms with van der Waals surface area (Å²) in [5.74, 6) is -4.19. The normalized spacial score (nSPS) is 17.3. The van der Waals surface area contributed by atoms with Crippen molar-refractivity contribution in [1.82, 2.24) is 0 Å². The molecule has 0 aromatic heterocycles. The van der Waals surface area contributed by atoms with E-state index in [1.807, 2.05) is 0 Å². The van der Waals surface area contributed by atoms with E-state index in [9.17, 15) is 22.8 Å². The fourth-order valence-electron chi connectivity index (χ4n) is 2.72. The van der Waals surface area contributed by atoms with Crippen molar-refractivity contribution >= 4 is 23.4 Å². The van der Waals surface area contributed by atoms with Crippen molar-refractivity contribution in [1.29, 1.82) is 0 Å². The Morgan fingerprint density at radius 3 is 2.37 bits per heavy atom. The molecule has 0 amide bonds. The Kier molecular flexibility index (Phi) is 5.94. The predicted molar refractivity (Wildman–Crippen MR) is 93.6 cm³/mol. The number of benzene rings is 1. The van der Waals surface area contributed by atoms with E-state index in [4.69, 9.17) is 21.1 Å². The lowest BCUT2D eigenvalue weighted by molar-refractivity contribution is -0.143. The highest BCUT2D eigenvalue weighted by Crippen LogP contribution is 2.47. The second-order valence-corrected chi connectivity index (χ2v) is 7.61. The first kappa shape index (κ1) is 21.3. The number of carbonyl (C=O) groups is 2. The van der Waals surface area contributed by atoms with Crippen LogP contribution < -0.4 is 4.74 Å². The van der Waals surface area contributed by atoms with Crippen molar-refractivity contribution in [2.75, 3.05) is 6.61 Å². The van der Waals surface area contributed by atoms with Crippen molar-refractivity contribution < 1.29 is 32.2 Å². The van der Waals surface area contributed by atoms with Crippen LogP contribution in [0.4, 0.5) is 13.2 Å². The third-order valence-electron chi connectivity index (χ3n) is 4.13. The highest BCUT2D eigenvalue weighted by molar-refractivity contribution is 6.30. The van der Waals surface area contributed by atoms with Gasteiger partial charge >= 0.3 is 12.1 Å². The van der Waals surface area contributed by atoms with Gasteiger partial charge in [-0.3, -0.25) is 4.79 Å². The maximum atomic E-state index is 13.6. The van der Waals surface area contributed by atoms with Crippen molar-refractivity contribution in [3.05, 3.63) is 40.1 Å². The van der Waals surface area contributed by atoms with Crippen LogP contribution in [0.15, 0.2) is 29.5 Å². The molecule has 1 atom stereocenters. The molecule has 0 fully saturated rings. The van der Waals surface area contributed by atoms with Crippen LogP contribution in [-0.4, -0.2) is 24.5 Å². The molecule has 0 aliphatic carbocycles. The first-order valence-corrected chi connectivity index (χ1v) is 8.73. The average Bonchev–Trinajstić information content (AvgIpc) is 2.53. The van der Waals surface area contributed by atoms with Gasteiger partial charge in [-0.25, -0.2) is 4.79 Å². The number of allylic oxidation sites excluding steroid dienone is 1. The molecule has 1 unspecified atom stereocenters. The topological polar surface area (TPSA) is 52.6 Å². The number of halogens is 4. The van der Waals surface area contributed by atoms with Gasteiger partial charge in [-0.05, 0) is 25.1 Å². The number of ketones is 1. The minimum Gasteiger partial charge on any atom is -0.463 e. The Labute approximate surface area is 160 Å². The molecule has 1 aliphatic heterocycles. The van der Waals surface area contributed by atoms with Crippen molar-refractivity contribution in [3.8, 4) is 5.75 Å². The van der Waals surface area contributed by atoms with Gasteiger partial charge in [0.25, 0.3) is 0 Å². The third kappa shape index (κ3) is 4.64. The molecule has 0 radical (unpaired) electrons. The fraction of sp³-hybridized carbons (Fsp3) is 0.474. The maximum absolute atomic E-state index is 13.6. The molecule has 1 aromatic rings. The van der Waals surface area contributed by atoms with Crippen molar-refractivity contribution in [2.24, 2.45) is 5.41 Å². The number of Topliss-reactive ketones (excluding diaryl/α,β-unsaturated/α-hetero) is 1. The van der Waals surface area contributed by atoms with E-state index < -0.39 is 34.8 Å². The van der Waals surface area contributed by atoms with Crippen LogP contribution in [0.1, 0.15) is 45.6 Å². The molecule has 1 aliphatic rings. The zero-order valence-electron chi connectivity index (χ0n) is 15.4. The number of esters is 1. The Morgan fingerprint density at radius 2 is 1.85 bits per heavy atom. The van der Waals surface area contributed by atoms with E-state index in [1.54, 1.807) is 20.8 Å². The van der Waals surface area contributed by atoms with Crippen LogP contribution in [0.25, 0.3) is 0 Å². The summed E-state index contributed by atoms with van der Waals surface area (Å²) in [6.07, 6.45) is -5.24. The largest absolute Gasteiger partial charge is 0.463 e. The number of rotatable bonds is 4. The number of hydrogen-bond acceptors (Lipinski definition) is 4. The monoisotopic (exact) mass is 404 g/mol. The second kappa shape index (κ2) is 7.54. The minimum atomic E-state index is -4.93. The van der Waals surface area contributed by atoms with E-state index in [1.165, 1.54) is 25.1 Å². The maximum Gasteiger partial charge on any atom is 0.450 e. The van der Waals surface area contributed by atoms with Gasteiger partial charge in [-0.15, -0.1) is 0 Å². The standard InChI is InChI=1S/C19H20ClF3O4/c1-5-26-17(25)15-12(9-14(24)18(2,3)4)11-8-10(20)6-7-13(11)27-16(15)19(21,22)23/h6-8,12H,5,9H2,1-4H3. The van der Waals surface area contributed by atoms with E-state index in [0.29, 0.717) is 0 Å². The van der Waals surface area contributed by atoms with Gasteiger partial charge in [-0.1, -0.05) is 32.4 Å². The lowest BCUT2D eigenvalue weighted by atomic mass is 9.78. The van der Waals surface area contributed by atoms with E-state index in [2.05, 4.69) is 0 Å². The molecule has 4 nitrogen and oxygen atoms in total. The fourth-order valence-corrected chi connectivity index (χ4v) is 2.90. The quantitative estimate of drug-likeness (QED) is 0.647. The van der Waals surface area contributed by atoms with Gasteiger partial charge in [0.1, 0.15) is 11.5 Å². The molecule has 8 heteroatoms. The Morgan fingerprint density at radius 1 is 1.22 bits per heavy atom. The predicted octanol–water partition coefficient (Wildman–Crippen LogP) is 5.20. The first-order valence-electron chi connectivity index (χ1n) is 8.35. The van der Waals surface area contributed by atoms with Crippen LogP contribution in [-0.2, 0) is 14.3 Å². The van der Waals surface area contributed by atoms with Gasteiger partial charge < -0.3 is 9.47 Å². The summed E-state index contributed by atoms with van der Waals surface area (Å²) in [6, 6.07) is 4.08. The lowest BCUT2D eigenvalue weighted by Crippen LogP contribution is -2.32. The molecule has 0 saturated heterocycles. The summed E-state index contributed by atoms with van der Waals surface area (Å²) in [5.41, 5.74) is -1.26. The van der Waals surface area contributed by atoms with E-state index >= 15 is 0 Å². The van der Waals surface area contributed by atoms with Crippen LogP contribution in [0.2, 0.25) is 5.02 Å². The van der Waals surface area contributed by atoms with Gasteiger partial charge in [-0.2, -0.15) is 13.2 Å². The molecule has 1 heterocycles. The summed E-state index contributed by atoms with van der Waals surface area (Å²) in [4.78, 5) is 25.0. The van der Waals surface area contributed by atoms with Gasteiger partial charge in [0.2, 0.25) is 5.76 Å². The number of hydrogen-bond donors (Lipinski definition) is 0. The van der Waals surface area contributed by atoms with Crippen LogP contribution in [0, 0.1) is 5.41 Å². The molecule has 0 bridgehead atoms. The molecule has 0 saturated carbocycles. The van der Waals surface area contributed by atoms with Crippen molar-refractivity contribution in [2.45, 2.75) is 46.2 Å². The van der Waals surface area contributed by atoms with Crippen LogP contribution in [0.5, 0.6) is 5.75 Å².